The average molecular weight is 602 g/mol. The quantitative estimate of drug-likeness (QED) is 0.283. The van der Waals surface area contributed by atoms with E-state index in [1.54, 1.807) is 7.11 Å². The number of aliphatic hydroxyl groups is 2. The monoisotopic (exact) mass is 601 g/mol. The molecule has 0 aliphatic carbocycles. The molecule has 2 aliphatic rings. The summed E-state index contributed by atoms with van der Waals surface area (Å²) >= 11 is 0. The van der Waals surface area contributed by atoms with Crippen molar-refractivity contribution in [1.82, 2.24) is 14.8 Å². The molecule has 2 fully saturated rings. The summed E-state index contributed by atoms with van der Waals surface area (Å²) in [7, 11) is 1.62. The number of morpholine rings is 1. The number of methoxy groups -OCH3 is 1. The van der Waals surface area contributed by atoms with E-state index in [1.807, 2.05) is 24.4 Å². The minimum atomic E-state index is -1.16. The van der Waals surface area contributed by atoms with Crippen molar-refractivity contribution in [1.29, 1.82) is 0 Å². The summed E-state index contributed by atoms with van der Waals surface area (Å²) in [4.78, 5) is 9.25. The maximum atomic E-state index is 14.0. The van der Waals surface area contributed by atoms with E-state index in [0.717, 1.165) is 67.1 Å². The van der Waals surface area contributed by atoms with Crippen molar-refractivity contribution < 1.29 is 32.9 Å². The summed E-state index contributed by atoms with van der Waals surface area (Å²) in [6.07, 6.45) is 4.66. The first kappa shape index (κ1) is 31.7. The van der Waals surface area contributed by atoms with Gasteiger partial charge in [0.2, 0.25) is 0 Å². The van der Waals surface area contributed by atoms with E-state index >= 15 is 0 Å². The largest absolute Gasteiger partial charge is 0.497 e. The lowest BCUT2D eigenvalue weighted by atomic mass is 9.74. The molecule has 0 unspecified atom stereocenters. The lowest BCUT2D eigenvalue weighted by Gasteiger charge is -2.41. The van der Waals surface area contributed by atoms with E-state index in [0.29, 0.717) is 57.4 Å². The van der Waals surface area contributed by atoms with Gasteiger partial charge >= 0.3 is 0 Å². The van der Waals surface area contributed by atoms with Crippen LogP contribution < -0.4 is 4.74 Å². The fourth-order valence-corrected chi connectivity index (χ4v) is 6.49. The molecule has 0 spiro atoms. The van der Waals surface area contributed by atoms with Crippen LogP contribution in [0.4, 0.5) is 13.2 Å². The first-order valence-corrected chi connectivity index (χ1v) is 15.2. The summed E-state index contributed by atoms with van der Waals surface area (Å²) in [5.74, 6) is -2.20. The molecule has 3 aromatic rings. The number of aryl methyl sites for hydroxylation is 1. The van der Waals surface area contributed by atoms with Crippen LogP contribution >= 0.6 is 0 Å². The number of hydrogen-bond donors (Lipinski definition) is 2. The SMILES string of the molecule is COc1ccc2ncc(CN3CCOCC3)c([C@H](O)CCC3(CO)CCN(CCCc4cc(F)cc(F)c4F)CC3)c2c1. The normalized spacial score (nSPS) is 18.7. The van der Waals surface area contributed by atoms with Crippen LogP contribution in [0.5, 0.6) is 5.75 Å². The van der Waals surface area contributed by atoms with Crippen molar-refractivity contribution >= 4 is 10.9 Å². The topological polar surface area (TPSA) is 78.3 Å². The maximum absolute atomic E-state index is 14.0. The number of fused-ring (bicyclic) bond motifs is 1. The molecule has 2 N–H and O–H groups in total. The third kappa shape index (κ3) is 7.67. The number of piperidine rings is 1. The number of nitrogens with zero attached hydrogens (tertiary/aromatic N) is 3. The highest BCUT2D eigenvalue weighted by Gasteiger charge is 2.35. The van der Waals surface area contributed by atoms with Gasteiger partial charge in [-0.15, -0.1) is 0 Å². The smallest absolute Gasteiger partial charge is 0.162 e. The van der Waals surface area contributed by atoms with Gasteiger partial charge in [0, 0.05) is 43.9 Å². The highest BCUT2D eigenvalue weighted by atomic mass is 19.2. The van der Waals surface area contributed by atoms with E-state index in [2.05, 4.69) is 14.8 Å². The van der Waals surface area contributed by atoms with Crippen LogP contribution in [0.25, 0.3) is 10.9 Å². The summed E-state index contributed by atoms with van der Waals surface area (Å²) in [5.41, 5.74) is 2.40. The molecule has 2 aromatic carbocycles. The van der Waals surface area contributed by atoms with Crippen molar-refractivity contribution in [3.05, 3.63) is 70.7 Å². The predicted octanol–water partition coefficient (Wildman–Crippen LogP) is 5.01. The summed E-state index contributed by atoms with van der Waals surface area (Å²) in [6, 6.07) is 7.34. The Morgan fingerprint density at radius 3 is 2.51 bits per heavy atom. The van der Waals surface area contributed by atoms with Gasteiger partial charge in [-0.3, -0.25) is 9.88 Å². The Kier molecular flexibility index (Phi) is 10.6. The third-order valence-electron chi connectivity index (χ3n) is 9.22. The molecule has 3 heterocycles. The van der Waals surface area contributed by atoms with Gasteiger partial charge in [0.1, 0.15) is 11.6 Å². The van der Waals surface area contributed by atoms with Crippen LogP contribution in [0.1, 0.15) is 54.9 Å². The lowest BCUT2D eigenvalue weighted by Crippen LogP contribution is -2.42. The molecule has 0 amide bonds. The molecule has 1 aromatic heterocycles. The van der Waals surface area contributed by atoms with Gasteiger partial charge in [-0.25, -0.2) is 13.2 Å². The highest BCUT2D eigenvalue weighted by Crippen LogP contribution is 2.40. The molecule has 1 atom stereocenters. The summed E-state index contributed by atoms with van der Waals surface area (Å²) in [5, 5.41) is 23.0. The van der Waals surface area contributed by atoms with Crippen LogP contribution in [-0.2, 0) is 17.7 Å². The second kappa shape index (κ2) is 14.3. The number of halogens is 3. The van der Waals surface area contributed by atoms with Crippen LogP contribution in [-0.4, -0.2) is 84.7 Å². The van der Waals surface area contributed by atoms with E-state index in [4.69, 9.17) is 9.47 Å². The van der Waals surface area contributed by atoms with Crippen molar-refractivity contribution in [2.24, 2.45) is 5.41 Å². The van der Waals surface area contributed by atoms with Crippen molar-refractivity contribution in [3.8, 4) is 5.75 Å². The minimum Gasteiger partial charge on any atom is -0.497 e. The molecule has 10 heteroatoms. The van der Waals surface area contributed by atoms with Crippen LogP contribution in [0.3, 0.4) is 0 Å². The number of ether oxygens (including phenoxy) is 2. The molecular formula is C33H42F3N3O4. The standard InChI is InChI=1S/C33H42F3N3O4/c1-42-26-4-5-29-27(19-26)31(24(20-37-29)21-39-13-15-43-16-14-39)30(41)6-7-33(22-40)8-11-38(12-9-33)10-2-3-23-17-25(34)18-28(35)32(23)36/h4-5,17-20,30,40-41H,2-3,6-16,21-22H2,1H3/t30-/m1/s1. The van der Waals surface area contributed by atoms with Crippen LogP contribution in [0.15, 0.2) is 36.5 Å². The predicted molar refractivity (Wildman–Crippen MR) is 158 cm³/mol. The second-order valence-corrected chi connectivity index (χ2v) is 12.0. The summed E-state index contributed by atoms with van der Waals surface area (Å²) < 4.78 is 52.1. The average Bonchev–Trinajstić information content (AvgIpc) is 3.03. The van der Waals surface area contributed by atoms with Crippen LogP contribution in [0, 0.1) is 22.9 Å². The zero-order valence-corrected chi connectivity index (χ0v) is 24.8. The van der Waals surface area contributed by atoms with Crippen molar-refractivity contribution in [2.75, 3.05) is 59.7 Å². The first-order chi connectivity index (χ1) is 20.8. The zero-order valence-electron chi connectivity index (χ0n) is 24.8. The van der Waals surface area contributed by atoms with Crippen LogP contribution in [0.2, 0.25) is 0 Å². The number of aromatic nitrogens is 1. The number of benzene rings is 2. The van der Waals surface area contributed by atoms with Gasteiger partial charge in [0.05, 0.1) is 31.9 Å². The molecule has 5 rings (SSSR count). The molecule has 2 saturated heterocycles. The van der Waals surface area contributed by atoms with E-state index in [-0.39, 0.29) is 24.0 Å². The Bertz CT molecular complexity index is 1380. The molecular weight excluding hydrogens is 559 g/mol. The molecule has 2 aliphatic heterocycles. The Labute approximate surface area is 251 Å². The Hall–Kier alpha value is -2.76. The van der Waals surface area contributed by atoms with Gasteiger partial charge in [-0.05, 0) is 105 Å². The number of hydrogen-bond acceptors (Lipinski definition) is 7. The number of likely N-dealkylation sites (tertiary alicyclic amines) is 1. The van der Waals surface area contributed by atoms with E-state index < -0.39 is 23.6 Å². The first-order valence-electron chi connectivity index (χ1n) is 15.2. The second-order valence-electron chi connectivity index (χ2n) is 12.0. The number of pyridine rings is 1. The van der Waals surface area contributed by atoms with Gasteiger partial charge in [-0.1, -0.05) is 0 Å². The van der Waals surface area contributed by atoms with E-state index in [1.165, 1.54) is 0 Å². The maximum Gasteiger partial charge on any atom is 0.162 e. The third-order valence-corrected chi connectivity index (χ3v) is 9.22. The van der Waals surface area contributed by atoms with Crippen molar-refractivity contribution in [2.45, 2.75) is 51.2 Å². The lowest BCUT2D eigenvalue weighted by molar-refractivity contribution is 0.0227. The summed E-state index contributed by atoms with van der Waals surface area (Å²) in [6.45, 7) is 5.91. The van der Waals surface area contributed by atoms with Gasteiger partial charge in [-0.2, -0.15) is 0 Å². The Balaban J connectivity index is 1.22. The molecule has 0 radical (unpaired) electrons. The van der Waals surface area contributed by atoms with Gasteiger partial charge < -0.3 is 24.6 Å². The minimum absolute atomic E-state index is 0.0346. The molecule has 43 heavy (non-hydrogen) atoms. The molecule has 0 saturated carbocycles. The molecule has 7 nitrogen and oxygen atoms in total. The highest BCUT2D eigenvalue weighted by molar-refractivity contribution is 5.85. The molecule has 234 valence electrons. The molecule has 0 bridgehead atoms. The number of aliphatic hydroxyl groups excluding tert-OH is 2. The van der Waals surface area contributed by atoms with Gasteiger partial charge in [0.25, 0.3) is 0 Å². The fourth-order valence-electron chi connectivity index (χ4n) is 6.49. The Morgan fingerprint density at radius 2 is 1.79 bits per heavy atom. The Morgan fingerprint density at radius 1 is 1.02 bits per heavy atom. The van der Waals surface area contributed by atoms with Crippen molar-refractivity contribution in [3.63, 3.8) is 0 Å². The van der Waals surface area contributed by atoms with E-state index in [9.17, 15) is 23.4 Å². The fraction of sp³-hybridized carbons (Fsp3) is 0.545. The number of rotatable bonds is 12. The zero-order chi connectivity index (χ0) is 30.4. The van der Waals surface area contributed by atoms with Gasteiger partial charge in [0.15, 0.2) is 11.6 Å².